The molecule has 15 heavy (non-hydrogen) atoms. The third kappa shape index (κ3) is 2.31. The van der Waals surface area contributed by atoms with Gasteiger partial charge < -0.3 is 5.11 Å². The molecule has 0 aliphatic heterocycles. The summed E-state index contributed by atoms with van der Waals surface area (Å²) in [6.45, 7) is 1.61. The van der Waals surface area contributed by atoms with E-state index in [2.05, 4.69) is 0 Å². The van der Waals surface area contributed by atoms with Crippen LogP contribution in [0.25, 0.3) is 0 Å². The van der Waals surface area contributed by atoms with Gasteiger partial charge in [-0.15, -0.1) is 0 Å². The molecule has 0 unspecified atom stereocenters. The maximum Gasteiger partial charge on any atom is 0.421 e. The molecule has 0 fully saturated rings. The largest absolute Gasteiger partial charge is 0.421 e. The van der Waals surface area contributed by atoms with Crippen molar-refractivity contribution in [2.24, 2.45) is 0 Å². The van der Waals surface area contributed by atoms with Gasteiger partial charge in [0.05, 0.1) is 0 Å². The van der Waals surface area contributed by atoms with Crippen molar-refractivity contribution in [1.82, 2.24) is 0 Å². The molecule has 0 aromatic heterocycles. The molecule has 0 aliphatic rings. The van der Waals surface area contributed by atoms with Crippen LogP contribution < -0.4 is 0 Å². The van der Waals surface area contributed by atoms with Crippen LogP contribution in [0, 0.1) is 0 Å². The minimum atomic E-state index is -4.63. The second-order valence-corrected chi connectivity index (χ2v) is 3.47. The van der Waals surface area contributed by atoms with E-state index in [1.54, 1.807) is 13.0 Å². The summed E-state index contributed by atoms with van der Waals surface area (Å²) in [5.41, 5.74) is -2.82. The monoisotopic (exact) mass is 218 g/mol. The highest BCUT2D eigenvalue weighted by Crippen LogP contribution is 2.42. The molecule has 0 saturated heterocycles. The molecular formula is C11H13F3O. The molecule has 1 aromatic carbocycles. The number of hydrogen-bond donors (Lipinski definition) is 1. The lowest BCUT2D eigenvalue weighted by atomic mass is 9.89. The fourth-order valence-corrected chi connectivity index (χ4v) is 1.53. The third-order valence-electron chi connectivity index (χ3n) is 2.33. The van der Waals surface area contributed by atoms with Crippen molar-refractivity contribution in [1.29, 1.82) is 0 Å². The van der Waals surface area contributed by atoms with E-state index in [-0.39, 0.29) is 18.4 Å². The first kappa shape index (κ1) is 12.0. The quantitative estimate of drug-likeness (QED) is 0.825. The molecule has 1 rings (SSSR count). The SMILES string of the molecule is CCC[C@@](O)(c1ccccc1)C(F)(F)F. The van der Waals surface area contributed by atoms with E-state index in [0.29, 0.717) is 0 Å². The van der Waals surface area contributed by atoms with Crippen LogP contribution in [0.2, 0.25) is 0 Å². The smallest absolute Gasteiger partial charge is 0.376 e. The van der Waals surface area contributed by atoms with Gasteiger partial charge in [0.2, 0.25) is 0 Å². The average Bonchev–Trinajstić information content (AvgIpc) is 2.18. The van der Waals surface area contributed by atoms with Crippen LogP contribution in [0.15, 0.2) is 30.3 Å². The summed E-state index contributed by atoms with van der Waals surface area (Å²) in [6, 6.07) is 7.18. The normalized spacial score (nSPS) is 16.1. The van der Waals surface area contributed by atoms with E-state index in [1.165, 1.54) is 24.3 Å². The Hall–Kier alpha value is -1.03. The van der Waals surface area contributed by atoms with Crippen molar-refractivity contribution >= 4 is 0 Å². The summed E-state index contributed by atoms with van der Waals surface area (Å²) >= 11 is 0. The van der Waals surface area contributed by atoms with E-state index in [4.69, 9.17) is 0 Å². The number of benzene rings is 1. The predicted octanol–water partition coefficient (Wildman–Crippen LogP) is 3.24. The minimum absolute atomic E-state index is 0.0978. The van der Waals surface area contributed by atoms with Gasteiger partial charge in [0.15, 0.2) is 5.60 Å². The summed E-state index contributed by atoms with van der Waals surface area (Å²) in [4.78, 5) is 0. The molecule has 1 aromatic rings. The van der Waals surface area contributed by atoms with Crippen molar-refractivity contribution in [3.8, 4) is 0 Å². The van der Waals surface area contributed by atoms with E-state index in [1.807, 2.05) is 0 Å². The van der Waals surface area contributed by atoms with Crippen LogP contribution in [-0.4, -0.2) is 11.3 Å². The molecule has 4 heteroatoms. The topological polar surface area (TPSA) is 20.2 Å². The zero-order valence-corrected chi connectivity index (χ0v) is 8.38. The zero-order valence-electron chi connectivity index (χ0n) is 8.38. The predicted molar refractivity (Wildman–Crippen MR) is 51.3 cm³/mol. The first-order chi connectivity index (χ1) is 6.92. The van der Waals surface area contributed by atoms with Crippen molar-refractivity contribution in [3.05, 3.63) is 35.9 Å². The van der Waals surface area contributed by atoms with Crippen molar-refractivity contribution < 1.29 is 18.3 Å². The Morgan fingerprint density at radius 1 is 1.13 bits per heavy atom. The van der Waals surface area contributed by atoms with E-state index >= 15 is 0 Å². The van der Waals surface area contributed by atoms with Gasteiger partial charge >= 0.3 is 6.18 Å². The zero-order chi connectivity index (χ0) is 11.5. The van der Waals surface area contributed by atoms with Crippen LogP contribution in [0.1, 0.15) is 25.3 Å². The maximum absolute atomic E-state index is 12.7. The molecule has 84 valence electrons. The Kier molecular flexibility index (Phi) is 3.39. The fraction of sp³-hybridized carbons (Fsp3) is 0.455. The van der Waals surface area contributed by atoms with E-state index in [9.17, 15) is 18.3 Å². The van der Waals surface area contributed by atoms with Crippen LogP contribution in [0.4, 0.5) is 13.2 Å². The van der Waals surface area contributed by atoms with Gasteiger partial charge in [-0.25, -0.2) is 0 Å². The molecule has 0 saturated carbocycles. The highest BCUT2D eigenvalue weighted by atomic mass is 19.4. The highest BCUT2D eigenvalue weighted by Gasteiger charge is 2.53. The van der Waals surface area contributed by atoms with Crippen molar-refractivity contribution in [2.45, 2.75) is 31.5 Å². The Bertz CT molecular complexity index is 307. The molecular weight excluding hydrogens is 205 g/mol. The standard InChI is InChI=1S/C11H13F3O/c1-2-8-10(15,11(12,13)14)9-6-4-3-5-7-9/h3-7,15H,2,8H2,1H3/t10-/m1/s1. The van der Waals surface area contributed by atoms with Crippen molar-refractivity contribution in [3.63, 3.8) is 0 Å². The minimum Gasteiger partial charge on any atom is -0.376 e. The van der Waals surface area contributed by atoms with Crippen molar-refractivity contribution in [2.75, 3.05) is 0 Å². The Labute approximate surface area is 86.5 Å². The van der Waals surface area contributed by atoms with Crippen LogP contribution in [0.3, 0.4) is 0 Å². The summed E-state index contributed by atoms with van der Waals surface area (Å²) < 4.78 is 38.2. The van der Waals surface area contributed by atoms with Gasteiger partial charge in [-0.2, -0.15) is 13.2 Å². The number of rotatable bonds is 3. The fourth-order valence-electron chi connectivity index (χ4n) is 1.53. The van der Waals surface area contributed by atoms with E-state index in [0.717, 1.165) is 0 Å². The van der Waals surface area contributed by atoms with Gasteiger partial charge in [-0.05, 0) is 12.0 Å². The van der Waals surface area contributed by atoms with Gasteiger partial charge in [0.1, 0.15) is 0 Å². The molecule has 0 bridgehead atoms. The van der Waals surface area contributed by atoms with Crippen LogP contribution >= 0.6 is 0 Å². The van der Waals surface area contributed by atoms with Gasteiger partial charge in [0, 0.05) is 0 Å². The maximum atomic E-state index is 12.7. The average molecular weight is 218 g/mol. The molecule has 0 radical (unpaired) electrons. The third-order valence-corrected chi connectivity index (χ3v) is 2.33. The number of alkyl halides is 3. The Balaban J connectivity index is 3.13. The van der Waals surface area contributed by atoms with E-state index < -0.39 is 11.8 Å². The Morgan fingerprint density at radius 2 is 1.67 bits per heavy atom. The van der Waals surface area contributed by atoms with Gasteiger partial charge in [-0.3, -0.25) is 0 Å². The van der Waals surface area contributed by atoms with Gasteiger partial charge in [0.25, 0.3) is 0 Å². The second kappa shape index (κ2) is 4.23. The molecule has 0 aliphatic carbocycles. The number of aliphatic hydroxyl groups is 1. The van der Waals surface area contributed by atoms with Crippen LogP contribution in [0.5, 0.6) is 0 Å². The lowest BCUT2D eigenvalue weighted by Gasteiger charge is -2.30. The lowest BCUT2D eigenvalue weighted by molar-refractivity contribution is -0.269. The second-order valence-electron chi connectivity index (χ2n) is 3.47. The van der Waals surface area contributed by atoms with Crippen LogP contribution in [-0.2, 0) is 5.60 Å². The summed E-state index contributed by atoms with van der Waals surface area (Å²) in [5, 5.41) is 9.69. The molecule has 0 amide bonds. The molecule has 0 spiro atoms. The molecule has 1 nitrogen and oxygen atoms in total. The summed E-state index contributed by atoms with van der Waals surface area (Å²) in [7, 11) is 0. The molecule has 1 atom stereocenters. The summed E-state index contributed by atoms with van der Waals surface area (Å²) in [6.07, 6.45) is -4.68. The Morgan fingerprint density at radius 3 is 2.07 bits per heavy atom. The molecule has 1 N–H and O–H groups in total. The number of hydrogen-bond acceptors (Lipinski definition) is 1. The van der Waals surface area contributed by atoms with Gasteiger partial charge in [-0.1, -0.05) is 43.7 Å². The first-order valence-electron chi connectivity index (χ1n) is 4.76. The highest BCUT2D eigenvalue weighted by molar-refractivity contribution is 5.24. The first-order valence-corrected chi connectivity index (χ1v) is 4.76. The molecule has 0 heterocycles. The summed E-state index contributed by atoms with van der Waals surface area (Å²) in [5.74, 6) is 0. The number of halogens is 3. The lowest BCUT2D eigenvalue weighted by Crippen LogP contribution is -2.42.